The van der Waals surface area contributed by atoms with E-state index in [9.17, 15) is 4.79 Å². The van der Waals surface area contributed by atoms with E-state index in [2.05, 4.69) is 48.4 Å². The molecular weight excluding hydrogens is 302 g/mol. The summed E-state index contributed by atoms with van der Waals surface area (Å²) in [5.41, 5.74) is 2.26. The van der Waals surface area contributed by atoms with Gasteiger partial charge in [0, 0.05) is 31.9 Å². The highest BCUT2D eigenvalue weighted by atomic mass is 16.5. The van der Waals surface area contributed by atoms with E-state index in [1.165, 1.54) is 5.56 Å². The van der Waals surface area contributed by atoms with Crippen molar-refractivity contribution in [3.8, 4) is 0 Å². The number of hydrogen-bond acceptors (Lipinski definition) is 4. The second-order valence-corrected chi connectivity index (χ2v) is 6.67. The Balaban J connectivity index is 1.89. The van der Waals surface area contributed by atoms with Crippen LogP contribution in [-0.4, -0.2) is 49.2 Å². The lowest BCUT2D eigenvalue weighted by Gasteiger charge is -2.35. The van der Waals surface area contributed by atoms with Crippen LogP contribution in [0, 0.1) is 0 Å². The van der Waals surface area contributed by atoms with Gasteiger partial charge in [0.25, 0.3) is 0 Å². The van der Waals surface area contributed by atoms with Crippen molar-refractivity contribution in [1.29, 1.82) is 0 Å². The molecule has 1 aliphatic heterocycles. The average Bonchev–Trinajstić information content (AvgIpc) is 2.53. The number of benzene rings is 1. The van der Waals surface area contributed by atoms with Crippen molar-refractivity contribution in [1.82, 2.24) is 10.2 Å². The zero-order valence-electron chi connectivity index (χ0n) is 15.2. The molecule has 5 nitrogen and oxygen atoms in total. The fraction of sp³-hybridized carbons (Fsp3) is 0.632. The molecule has 0 aromatic heterocycles. The Hall–Kier alpha value is -1.59. The zero-order valence-corrected chi connectivity index (χ0v) is 15.2. The number of hydrogen-bond donors (Lipinski definition) is 2. The summed E-state index contributed by atoms with van der Waals surface area (Å²) in [5.74, 6) is 0.0480. The van der Waals surface area contributed by atoms with Gasteiger partial charge in [-0.05, 0) is 31.9 Å². The molecule has 0 saturated carbocycles. The number of carbonyl (C=O) groups is 1. The third-order valence-corrected chi connectivity index (χ3v) is 4.20. The van der Waals surface area contributed by atoms with Crippen molar-refractivity contribution in [2.24, 2.45) is 0 Å². The topological polar surface area (TPSA) is 53.6 Å². The minimum atomic E-state index is 0.0480. The molecule has 1 heterocycles. The van der Waals surface area contributed by atoms with Gasteiger partial charge in [0.05, 0.1) is 18.8 Å². The second-order valence-electron chi connectivity index (χ2n) is 6.67. The van der Waals surface area contributed by atoms with E-state index < -0.39 is 0 Å². The third-order valence-electron chi connectivity index (χ3n) is 4.20. The SMILES string of the molecule is CCCCNC(=O)CNc1ccccc1CN1C[C@@H](C)O[C@@H](C)C1. The summed E-state index contributed by atoms with van der Waals surface area (Å²) in [6.07, 6.45) is 2.64. The first kappa shape index (κ1) is 18.7. The highest BCUT2D eigenvalue weighted by Crippen LogP contribution is 2.20. The number of morpholine rings is 1. The molecule has 1 aliphatic rings. The standard InChI is InChI=1S/C19H31N3O2/c1-4-5-10-20-19(23)11-21-18-9-7-6-8-17(18)14-22-12-15(2)24-16(3)13-22/h6-9,15-16,21H,4-5,10-14H2,1-3H3,(H,20,23)/t15-,16+. The Labute approximate surface area is 145 Å². The van der Waals surface area contributed by atoms with Gasteiger partial charge in [0.15, 0.2) is 0 Å². The number of para-hydroxylation sites is 1. The van der Waals surface area contributed by atoms with Crippen LogP contribution in [0.25, 0.3) is 0 Å². The highest BCUT2D eigenvalue weighted by molar-refractivity contribution is 5.80. The second kappa shape index (κ2) is 9.64. The van der Waals surface area contributed by atoms with Crippen LogP contribution >= 0.6 is 0 Å². The van der Waals surface area contributed by atoms with Crippen molar-refractivity contribution in [2.45, 2.75) is 52.4 Å². The number of unbranched alkanes of at least 4 members (excludes halogenated alkanes) is 1. The van der Waals surface area contributed by atoms with Gasteiger partial charge >= 0.3 is 0 Å². The van der Waals surface area contributed by atoms with E-state index in [1.807, 2.05) is 12.1 Å². The molecule has 1 saturated heterocycles. The predicted molar refractivity (Wildman–Crippen MR) is 98.1 cm³/mol. The van der Waals surface area contributed by atoms with E-state index in [0.717, 1.165) is 44.7 Å². The van der Waals surface area contributed by atoms with E-state index in [-0.39, 0.29) is 18.1 Å². The van der Waals surface area contributed by atoms with Crippen LogP contribution < -0.4 is 10.6 Å². The van der Waals surface area contributed by atoms with Gasteiger partial charge in [-0.2, -0.15) is 0 Å². The first-order valence-electron chi connectivity index (χ1n) is 9.04. The normalized spacial score (nSPS) is 21.5. The Morgan fingerprint density at radius 1 is 1.25 bits per heavy atom. The number of anilines is 1. The zero-order chi connectivity index (χ0) is 17.4. The van der Waals surface area contributed by atoms with Gasteiger partial charge in [-0.1, -0.05) is 31.5 Å². The maximum absolute atomic E-state index is 11.9. The molecule has 1 aromatic rings. The van der Waals surface area contributed by atoms with E-state index in [4.69, 9.17) is 4.74 Å². The van der Waals surface area contributed by atoms with Crippen molar-refractivity contribution in [3.63, 3.8) is 0 Å². The van der Waals surface area contributed by atoms with Crippen molar-refractivity contribution in [3.05, 3.63) is 29.8 Å². The van der Waals surface area contributed by atoms with Crippen LogP contribution in [-0.2, 0) is 16.1 Å². The summed E-state index contributed by atoms with van der Waals surface area (Å²) in [5, 5.41) is 6.22. The van der Waals surface area contributed by atoms with Crippen molar-refractivity contribution < 1.29 is 9.53 Å². The van der Waals surface area contributed by atoms with Gasteiger partial charge in [0.2, 0.25) is 5.91 Å². The minimum absolute atomic E-state index is 0.0480. The van der Waals surface area contributed by atoms with Gasteiger partial charge in [0.1, 0.15) is 0 Å². The lowest BCUT2D eigenvalue weighted by Crippen LogP contribution is -2.44. The molecule has 0 aliphatic carbocycles. The molecule has 2 atom stereocenters. The molecule has 2 rings (SSSR count). The third kappa shape index (κ3) is 6.13. The highest BCUT2D eigenvalue weighted by Gasteiger charge is 2.22. The summed E-state index contributed by atoms with van der Waals surface area (Å²) >= 11 is 0. The summed E-state index contributed by atoms with van der Waals surface area (Å²) in [7, 11) is 0. The van der Waals surface area contributed by atoms with Gasteiger partial charge < -0.3 is 15.4 Å². The van der Waals surface area contributed by atoms with Crippen LogP contribution in [0.1, 0.15) is 39.2 Å². The fourth-order valence-corrected chi connectivity index (χ4v) is 3.13. The molecule has 1 aromatic carbocycles. The van der Waals surface area contributed by atoms with Gasteiger partial charge in [-0.3, -0.25) is 9.69 Å². The molecule has 0 spiro atoms. The first-order chi connectivity index (χ1) is 11.6. The number of carbonyl (C=O) groups excluding carboxylic acids is 1. The first-order valence-corrected chi connectivity index (χ1v) is 9.04. The minimum Gasteiger partial charge on any atom is -0.376 e. The predicted octanol–water partition coefficient (Wildman–Crippen LogP) is 2.62. The monoisotopic (exact) mass is 333 g/mol. The quantitative estimate of drug-likeness (QED) is 0.718. The Morgan fingerprint density at radius 2 is 1.96 bits per heavy atom. The Morgan fingerprint density at radius 3 is 2.67 bits per heavy atom. The summed E-state index contributed by atoms with van der Waals surface area (Å²) in [6, 6.07) is 8.23. The molecular formula is C19H31N3O2. The lowest BCUT2D eigenvalue weighted by atomic mass is 10.1. The Bertz CT molecular complexity index is 511. The average molecular weight is 333 g/mol. The number of ether oxygens (including phenoxy) is 1. The van der Waals surface area contributed by atoms with Crippen molar-refractivity contribution in [2.75, 3.05) is 31.5 Å². The van der Waals surface area contributed by atoms with Crippen LogP contribution in [0.2, 0.25) is 0 Å². The summed E-state index contributed by atoms with van der Waals surface area (Å²) in [4.78, 5) is 14.3. The van der Waals surface area contributed by atoms with Gasteiger partial charge in [-0.15, -0.1) is 0 Å². The number of nitrogens with one attached hydrogen (secondary N) is 2. The van der Waals surface area contributed by atoms with Crippen LogP contribution in [0.4, 0.5) is 5.69 Å². The van der Waals surface area contributed by atoms with E-state index >= 15 is 0 Å². The number of amides is 1. The van der Waals surface area contributed by atoms with E-state index in [0.29, 0.717) is 6.54 Å². The van der Waals surface area contributed by atoms with Crippen molar-refractivity contribution >= 4 is 11.6 Å². The summed E-state index contributed by atoms with van der Waals surface area (Å²) in [6.45, 7) is 10.2. The van der Waals surface area contributed by atoms with E-state index in [1.54, 1.807) is 0 Å². The van der Waals surface area contributed by atoms with Crippen LogP contribution in [0.5, 0.6) is 0 Å². The maximum atomic E-state index is 11.9. The van der Waals surface area contributed by atoms with Crippen LogP contribution in [0.15, 0.2) is 24.3 Å². The molecule has 0 bridgehead atoms. The smallest absolute Gasteiger partial charge is 0.239 e. The maximum Gasteiger partial charge on any atom is 0.239 e. The molecule has 0 radical (unpaired) electrons. The molecule has 24 heavy (non-hydrogen) atoms. The number of nitrogens with zero attached hydrogens (tertiary/aromatic N) is 1. The lowest BCUT2D eigenvalue weighted by molar-refractivity contribution is -0.119. The Kier molecular flexibility index (Phi) is 7.53. The molecule has 5 heteroatoms. The largest absolute Gasteiger partial charge is 0.376 e. The molecule has 1 amide bonds. The van der Waals surface area contributed by atoms with Gasteiger partial charge in [-0.25, -0.2) is 0 Å². The molecule has 134 valence electrons. The molecule has 2 N–H and O–H groups in total. The molecule has 1 fully saturated rings. The summed E-state index contributed by atoms with van der Waals surface area (Å²) < 4.78 is 5.80. The molecule has 0 unspecified atom stereocenters. The number of rotatable bonds is 8. The van der Waals surface area contributed by atoms with Crippen LogP contribution in [0.3, 0.4) is 0 Å². The fourth-order valence-electron chi connectivity index (χ4n) is 3.13.